The molecule has 0 aliphatic carbocycles. The minimum absolute atomic E-state index is 0.459. The minimum Gasteiger partial charge on any atom is -0.344 e. The molecule has 2 aromatic carbocycles. The van der Waals surface area contributed by atoms with Gasteiger partial charge in [-0.05, 0) is 87.5 Å². The standard InChI is InChI=1S/C27H35N3O2/c1-3-4-15-29-16-13-22(14-17-29)19-30-20(2)25(24-7-5-6-8-26(24)30)18-21-9-11-23(12-10-21)27(31)28-32/h5-12,22,32H,3-4,13-19H2,1-2H3,(H,28,31). The summed E-state index contributed by atoms with van der Waals surface area (Å²) >= 11 is 0. The minimum atomic E-state index is -0.481. The van der Waals surface area contributed by atoms with E-state index in [1.807, 2.05) is 12.1 Å². The first-order valence-electron chi connectivity index (χ1n) is 11.9. The van der Waals surface area contributed by atoms with Crippen molar-refractivity contribution >= 4 is 16.8 Å². The summed E-state index contributed by atoms with van der Waals surface area (Å²) in [5, 5.41) is 10.2. The molecule has 1 aliphatic rings. The lowest BCUT2D eigenvalue weighted by molar-refractivity contribution is 0.0706. The Morgan fingerprint density at radius 3 is 2.50 bits per heavy atom. The Kier molecular flexibility index (Phi) is 7.28. The van der Waals surface area contributed by atoms with E-state index in [4.69, 9.17) is 5.21 Å². The molecular formula is C27H35N3O2. The van der Waals surface area contributed by atoms with Gasteiger partial charge in [0.2, 0.25) is 0 Å². The largest absolute Gasteiger partial charge is 0.344 e. The highest BCUT2D eigenvalue weighted by Gasteiger charge is 2.22. The fourth-order valence-corrected chi connectivity index (χ4v) is 5.04. The number of benzene rings is 2. The number of rotatable bonds is 8. The molecule has 3 aromatic rings. The van der Waals surface area contributed by atoms with Gasteiger partial charge in [-0.1, -0.05) is 43.7 Å². The van der Waals surface area contributed by atoms with E-state index < -0.39 is 5.91 Å². The Labute approximate surface area is 191 Å². The Balaban J connectivity index is 1.53. The fourth-order valence-electron chi connectivity index (χ4n) is 5.04. The van der Waals surface area contributed by atoms with E-state index in [0.717, 1.165) is 24.4 Å². The number of carbonyl (C=O) groups excluding carboxylic acids is 1. The van der Waals surface area contributed by atoms with Crippen LogP contribution in [0, 0.1) is 12.8 Å². The molecular weight excluding hydrogens is 398 g/mol. The smallest absolute Gasteiger partial charge is 0.274 e. The van der Waals surface area contributed by atoms with Crippen molar-refractivity contribution in [2.75, 3.05) is 19.6 Å². The number of aromatic nitrogens is 1. The van der Waals surface area contributed by atoms with Crippen LogP contribution in [0.3, 0.4) is 0 Å². The number of likely N-dealkylation sites (tertiary alicyclic amines) is 1. The zero-order valence-corrected chi connectivity index (χ0v) is 19.3. The molecule has 4 rings (SSSR count). The molecule has 0 unspecified atom stereocenters. The van der Waals surface area contributed by atoms with E-state index >= 15 is 0 Å². The molecule has 0 saturated carbocycles. The third-order valence-corrected chi connectivity index (χ3v) is 7.04. The normalized spacial score (nSPS) is 15.3. The van der Waals surface area contributed by atoms with E-state index in [1.165, 1.54) is 67.5 Å². The van der Waals surface area contributed by atoms with Crippen molar-refractivity contribution in [2.24, 2.45) is 5.92 Å². The monoisotopic (exact) mass is 433 g/mol. The molecule has 0 radical (unpaired) electrons. The van der Waals surface area contributed by atoms with Crippen molar-refractivity contribution in [3.8, 4) is 0 Å². The Hall–Kier alpha value is -2.63. The van der Waals surface area contributed by atoms with Crippen LogP contribution in [-0.4, -0.2) is 40.2 Å². The van der Waals surface area contributed by atoms with Gasteiger partial charge in [-0.2, -0.15) is 0 Å². The summed E-state index contributed by atoms with van der Waals surface area (Å²) in [5.41, 5.74) is 7.34. The van der Waals surface area contributed by atoms with Crippen LogP contribution in [0.1, 0.15) is 59.8 Å². The van der Waals surface area contributed by atoms with E-state index in [0.29, 0.717) is 5.56 Å². The average Bonchev–Trinajstić information content (AvgIpc) is 3.09. The number of hydrogen-bond acceptors (Lipinski definition) is 3. The Morgan fingerprint density at radius 1 is 1.09 bits per heavy atom. The summed E-state index contributed by atoms with van der Waals surface area (Å²) in [4.78, 5) is 14.2. The molecule has 1 amide bonds. The van der Waals surface area contributed by atoms with Gasteiger partial charge in [0, 0.05) is 28.7 Å². The predicted octanol–water partition coefficient (Wildman–Crippen LogP) is 5.17. The Bertz CT molecular complexity index is 1050. The van der Waals surface area contributed by atoms with Crippen molar-refractivity contribution in [3.05, 3.63) is 70.9 Å². The molecule has 0 bridgehead atoms. The average molecular weight is 434 g/mol. The molecule has 1 fully saturated rings. The highest BCUT2D eigenvalue weighted by atomic mass is 16.5. The van der Waals surface area contributed by atoms with Gasteiger partial charge >= 0.3 is 0 Å². The van der Waals surface area contributed by atoms with E-state index in [-0.39, 0.29) is 0 Å². The number of nitrogens with zero attached hydrogens (tertiary/aromatic N) is 2. The lowest BCUT2D eigenvalue weighted by atomic mass is 9.96. The number of hydrogen-bond donors (Lipinski definition) is 2. The third kappa shape index (κ3) is 4.89. The van der Waals surface area contributed by atoms with Gasteiger partial charge in [-0.3, -0.25) is 10.0 Å². The quantitative estimate of drug-likeness (QED) is 0.381. The van der Waals surface area contributed by atoms with Crippen LogP contribution in [-0.2, 0) is 13.0 Å². The number of amides is 1. The molecule has 2 N–H and O–H groups in total. The van der Waals surface area contributed by atoms with E-state index in [2.05, 4.69) is 47.6 Å². The molecule has 0 atom stereocenters. The molecule has 170 valence electrons. The zero-order valence-electron chi connectivity index (χ0n) is 19.3. The summed E-state index contributed by atoms with van der Waals surface area (Å²) < 4.78 is 2.53. The van der Waals surface area contributed by atoms with Crippen LogP contribution in [0.15, 0.2) is 48.5 Å². The molecule has 5 heteroatoms. The maximum Gasteiger partial charge on any atom is 0.274 e. The molecule has 0 spiro atoms. The van der Waals surface area contributed by atoms with E-state index in [1.54, 1.807) is 17.6 Å². The maximum atomic E-state index is 11.6. The lowest BCUT2D eigenvalue weighted by Crippen LogP contribution is -2.35. The second kappa shape index (κ2) is 10.3. The van der Waals surface area contributed by atoms with Crippen molar-refractivity contribution < 1.29 is 10.0 Å². The first kappa shape index (κ1) is 22.6. The Morgan fingerprint density at radius 2 is 1.81 bits per heavy atom. The van der Waals surface area contributed by atoms with Gasteiger partial charge in [0.05, 0.1) is 0 Å². The van der Waals surface area contributed by atoms with Gasteiger partial charge in [0.1, 0.15) is 0 Å². The van der Waals surface area contributed by atoms with Crippen molar-refractivity contribution in [3.63, 3.8) is 0 Å². The van der Waals surface area contributed by atoms with Gasteiger partial charge in [0.15, 0.2) is 0 Å². The van der Waals surface area contributed by atoms with Gasteiger partial charge in [-0.15, -0.1) is 0 Å². The second-order valence-corrected chi connectivity index (χ2v) is 9.14. The fraction of sp³-hybridized carbons (Fsp3) is 0.444. The van der Waals surface area contributed by atoms with Crippen LogP contribution in [0.4, 0.5) is 0 Å². The number of fused-ring (bicyclic) bond motifs is 1. The SMILES string of the molecule is CCCCN1CCC(Cn2c(C)c(Cc3ccc(C(=O)NO)cc3)c3ccccc32)CC1. The first-order valence-corrected chi connectivity index (χ1v) is 11.9. The predicted molar refractivity (Wildman–Crippen MR) is 129 cm³/mol. The molecule has 2 heterocycles. The van der Waals surface area contributed by atoms with Crippen LogP contribution in [0.25, 0.3) is 10.9 Å². The van der Waals surface area contributed by atoms with Crippen molar-refractivity contribution in [2.45, 2.75) is 52.5 Å². The third-order valence-electron chi connectivity index (χ3n) is 7.04. The number of para-hydroxylation sites is 1. The highest BCUT2D eigenvalue weighted by Crippen LogP contribution is 2.30. The number of carbonyl (C=O) groups is 1. The highest BCUT2D eigenvalue weighted by molar-refractivity contribution is 5.93. The summed E-state index contributed by atoms with van der Waals surface area (Å²) in [7, 11) is 0. The topological polar surface area (TPSA) is 57.5 Å². The van der Waals surface area contributed by atoms with Gasteiger partial charge < -0.3 is 9.47 Å². The summed E-state index contributed by atoms with van der Waals surface area (Å²) in [5.74, 6) is 0.247. The zero-order chi connectivity index (χ0) is 22.5. The summed E-state index contributed by atoms with van der Waals surface area (Å²) in [6.45, 7) is 9.30. The molecule has 32 heavy (non-hydrogen) atoms. The molecule has 1 aliphatic heterocycles. The van der Waals surface area contributed by atoms with Crippen LogP contribution in [0.5, 0.6) is 0 Å². The first-order chi connectivity index (χ1) is 15.6. The number of hydroxylamine groups is 1. The van der Waals surface area contributed by atoms with E-state index in [9.17, 15) is 4.79 Å². The maximum absolute atomic E-state index is 11.6. The summed E-state index contributed by atoms with van der Waals surface area (Å²) in [6.07, 6.45) is 5.96. The number of piperidine rings is 1. The van der Waals surface area contributed by atoms with Crippen LogP contribution in [0.2, 0.25) is 0 Å². The second-order valence-electron chi connectivity index (χ2n) is 9.14. The number of nitrogens with one attached hydrogen (secondary N) is 1. The number of unbranched alkanes of at least 4 members (excludes halogenated alkanes) is 1. The van der Waals surface area contributed by atoms with Crippen molar-refractivity contribution in [1.29, 1.82) is 0 Å². The summed E-state index contributed by atoms with van der Waals surface area (Å²) in [6, 6.07) is 16.2. The van der Waals surface area contributed by atoms with Crippen LogP contribution >= 0.6 is 0 Å². The van der Waals surface area contributed by atoms with Gasteiger partial charge in [-0.25, -0.2) is 5.48 Å². The molecule has 5 nitrogen and oxygen atoms in total. The van der Waals surface area contributed by atoms with Gasteiger partial charge in [0.25, 0.3) is 5.91 Å². The van der Waals surface area contributed by atoms with Crippen LogP contribution < -0.4 is 5.48 Å². The lowest BCUT2D eigenvalue weighted by Gasteiger charge is -2.32. The molecule has 1 aromatic heterocycles. The molecule has 1 saturated heterocycles. The van der Waals surface area contributed by atoms with Crippen molar-refractivity contribution in [1.82, 2.24) is 14.9 Å².